The average molecular weight is 444 g/mol. The molecule has 0 saturated heterocycles. The van der Waals surface area contributed by atoms with Gasteiger partial charge in [-0.2, -0.15) is 0 Å². The molecule has 0 spiro atoms. The van der Waals surface area contributed by atoms with Gasteiger partial charge in [0.15, 0.2) is 6.29 Å². The van der Waals surface area contributed by atoms with E-state index >= 15 is 0 Å². The number of aldehydes is 1. The second kappa shape index (κ2) is 22.9. The van der Waals surface area contributed by atoms with E-state index in [1.807, 2.05) is 12.1 Å². The Labute approximate surface area is 200 Å². The first-order chi connectivity index (χ1) is 15.9. The molecule has 0 fully saturated rings. The number of aromatic nitrogens is 1. The highest BCUT2D eigenvalue weighted by Crippen LogP contribution is 2.14. The molecule has 2 nitrogen and oxygen atoms in total. The van der Waals surface area contributed by atoms with Crippen molar-refractivity contribution in [2.75, 3.05) is 0 Å². The maximum Gasteiger partial charge on any atom is 0.166 e. The summed E-state index contributed by atoms with van der Waals surface area (Å²) in [4.78, 5) is 13.8. The Balaban J connectivity index is 1.70. The largest absolute Gasteiger partial charge is 0.356 e. The summed E-state index contributed by atoms with van der Waals surface area (Å²) in [6.45, 7) is 2.28. The summed E-state index contributed by atoms with van der Waals surface area (Å²) in [7, 11) is 0. The molecule has 2 heteroatoms. The number of unbranched alkanes of at least 4 members (excludes halogenated alkanes) is 19. The predicted molar refractivity (Wildman–Crippen MR) is 142 cm³/mol. The van der Waals surface area contributed by atoms with Crippen LogP contribution >= 0.6 is 0 Å². The smallest absolute Gasteiger partial charge is 0.166 e. The normalized spacial score (nSPS) is 11.5. The first-order valence-electron chi connectivity index (χ1n) is 14.1. The van der Waals surface area contributed by atoms with E-state index in [0.29, 0.717) is 5.69 Å². The van der Waals surface area contributed by atoms with Gasteiger partial charge in [0.2, 0.25) is 0 Å². The highest BCUT2D eigenvalue weighted by molar-refractivity contribution is 5.71. The van der Waals surface area contributed by atoms with Gasteiger partial charge in [-0.3, -0.25) is 4.79 Å². The van der Waals surface area contributed by atoms with Crippen LogP contribution in [0, 0.1) is 0 Å². The standard InChI is InChI=1S/C30H53NO/c1-2-3-4-5-6-7-8-9-10-11-12-13-14-15-16-17-18-19-20-21-22-23-24-25-29-26-27-30(28-32)31-29/h7-8,26-28,31H,2-6,9-25H2,1H3. The van der Waals surface area contributed by atoms with Crippen LogP contribution in [0.4, 0.5) is 0 Å². The van der Waals surface area contributed by atoms with Gasteiger partial charge in [0.25, 0.3) is 0 Å². The molecule has 0 amide bonds. The summed E-state index contributed by atoms with van der Waals surface area (Å²) < 4.78 is 0. The predicted octanol–water partition coefficient (Wildman–Crippen LogP) is 10.1. The van der Waals surface area contributed by atoms with Gasteiger partial charge in [-0.25, -0.2) is 0 Å². The van der Waals surface area contributed by atoms with Gasteiger partial charge in [0, 0.05) is 5.69 Å². The van der Waals surface area contributed by atoms with Crippen LogP contribution in [0.3, 0.4) is 0 Å². The highest BCUT2D eigenvalue weighted by Gasteiger charge is 1.98. The van der Waals surface area contributed by atoms with Crippen molar-refractivity contribution in [3.8, 4) is 0 Å². The van der Waals surface area contributed by atoms with Gasteiger partial charge in [-0.1, -0.05) is 122 Å². The maximum absolute atomic E-state index is 10.7. The molecular weight excluding hydrogens is 390 g/mol. The second-order valence-corrected chi connectivity index (χ2v) is 9.72. The number of allylic oxidation sites excluding steroid dienone is 2. The zero-order chi connectivity index (χ0) is 23.0. The Morgan fingerprint density at radius 3 is 1.47 bits per heavy atom. The van der Waals surface area contributed by atoms with Gasteiger partial charge in [-0.05, 0) is 50.7 Å². The Morgan fingerprint density at radius 2 is 1.03 bits per heavy atom. The molecule has 0 atom stereocenters. The van der Waals surface area contributed by atoms with E-state index in [1.54, 1.807) is 0 Å². The maximum atomic E-state index is 10.7. The fourth-order valence-electron chi connectivity index (χ4n) is 4.47. The summed E-state index contributed by atoms with van der Waals surface area (Å²) in [5, 5.41) is 0. The highest BCUT2D eigenvalue weighted by atomic mass is 16.1. The summed E-state index contributed by atoms with van der Waals surface area (Å²) in [6.07, 6.45) is 35.9. The zero-order valence-electron chi connectivity index (χ0n) is 21.4. The Bertz CT molecular complexity index is 545. The molecule has 32 heavy (non-hydrogen) atoms. The molecule has 0 aromatic carbocycles. The van der Waals surface area contributed by atoms with E-state index in [2.05, 4.69) is 24.1 Å². The fourth-order valence-corrected chi connectivity index (χ4v) is 4.47. The zero-order valence-corrected chi connectivity index (χ0v) is 21.4. The third-order valence-electron chi connectivity index (χ3n) is 6.60. The second-order valence-electron chi connectivity index (χ2n) is 9.72. The van der Waals surface area contributed by atoms with Crippen molar-refractivity contribution in [3.05, 3.63) is 35.7 Å². The molecule has 1 heterocycles. The Kier molecular flexibility index (Phi) is 20.5. The van der Waals surface area contributed by atoms with Crippen LogP contribution in [0.15, 0.2) is 24.3 Å². The first kappa shape index (κ1) is 28.7. The van der Waals surface area contributed by atoms with Crippen molar-refractivity contribution in [2.24, 2.45) is 0 Å². The lowest BCUT2D eigenvalue weighted by atomic mass is 10.0. The van der Waals surface area contributed by atoms with E-state index in [4.69, 9.17) is 0 Å². The van der Waals surface area contributed by atoms with Gasteiger partial charge in [0.1, 0.15) is 0 Å². The number of carbonyl (C=O) groups excluding carboxylic acids is 1. The van der Waals surface area contributed by atoms with Crippen molar-refractivity contribution in [3.63, 3.8) is 0 Å². The van der Waals surface area contributed by atoms with Gasteiger partial charge < -0.3 is 4.98 Å². The summed E-state index contributed by atoms with van der Waals surface area (Å²) in [5.41, 5.74) is 1.90. The first-order valence-corrected chi connectivity index (χ1v) is 14.1. The summed E-state index contributed by atoms with van der Waals surface area (Å²) in [5.74, 6) is 0. The monoisotopic (exact) mass is 443 g/mol. The minimum atomic E-state index is 0.701. The summed E-state index contributed by atoms with van der Waals surface area (Å²) >= 11 is 0. The number of hydrogen-bond donors (Lipinski definition) is 1. The van der Waals surface area contributed by atoms with Crippen LogP contribution in [0.5, 0.6) is 0 Å². The third-order valence-corrected chi connectivity index (χ3v) is 6.60. The van der Waals surface area contributed by atoms with Crippen molar-refractivity contribution >= 4 is 6.29 Å². The van der Waals surface area contributed by atoms with Crippen molar-refractivity contribution < 1.29 is 4.79 Å². The van der Waals surface area contributed by atoms with Crippen LogP contribution in [0.25, 0.3) is 0 Å². The van der Waals surface area contributed by atoms with E-state index in [-0.39, 0.29) is 0 Å². The Morgan fingerprint density at radius 1 is 0.594 bits per heavy atom. The number of nitrogens with one attached hydrogen (secondary N) is 1. The quantitative estimate of drug-likeness (QED) is 0.0961. The molecule has 0 unspecified atom stereocenters. The molecule has 0 saturated carbocycles. The van der Waals surface area contributed by atoms with Crippen molar-refractivity contribution in [2.45, 2.75) is 148 Å². The lowest BCUT2D eigenvalue weighted by Gasteiger charge is -2.03. The van der Waals surface area contributed by atoms with Crippen LogP contribution in [0.1, 0.15) is 158 Å². The molecule has 0 aliphatic rings. The third kappa shape index (κ3) is 18.3. The van der Waals surface area contributed by atoms with E-state index in [9.17, 15) is 4.79 Å². The number of H-pyrrole nitrogens is 1. The molecule has 0 radical (unpaired) electrons. The van der Waals surface area contributed by atoms with Crippen molar-refractivity contribution in [1.82, 2.24) is 4.98 Å². The fraction of sp³-hybridized carbons (Fsp3) is 0.767. The topological polar surface area (TPSA) is 32.9 Å². The van der Waals surface area contributed by atoms with Crippen LogP contribution in [0.2, 0.25) is 0 Å². The van der Waals surface area contributed by atoms with Crippen LogP contribution < -0.4 is 0 Å². The van der Waals surface area contributed by atoms with Gasteiger partial charge in [-0.15, -0.1) is 0 Å². The number of aryl methyl sites for hydroxylation is 1. The molecule has 0 aliphatic heterocycles. The lowest BCUT2D eigenvalue weighted by molar-refractivity contribution is 0.111. The molecule has 1 N–H and O–H groups in total. The van der Waals surface area contributed by atoms with Crippen LogP contribution in [-0.2, 0) is 6.42 Å². The minimum absolute atomic E-state index is 0.701. The SMILES string of the molecule is CCCCCCC=CCCCCCCCCCCCCCCCCCc1ccc(C=O)[nH]1. The molecule has 0 aliphatic carbocycles. The van der Waals surface area contributed by atoms with Crippen LogP contribution in [-0.4, -0.2) is 11.3 Å². The number of aromatic amines is 1. The van der Waals surface area contributed by atoms with Gasteiger partial charge in [0.05, 0.1) is 5.69 Å². The molecular formula is C30H53NO. The number of rotatable bonds is 24. The van der Waals surface area contributed by atoms with Gasteiger partial charge >= 0.3 is 0 Å². The summed E-state index contributed by atoms with van der Waals surface area (Å²) in [6, 6.07) is 3.91. The minimum Gasteiger partial charge on any atom is -0.356 e. The van der Waals surface area contributed by atoms with E-state index in [1.165, 1.54) is 141 Å². The van der Waals surface area contributed by atoms with E-state index in [0.717, 1.165) is 12.7 Å². The molecule has 1 aromatic rings. The molecule has 1 rings (SSSR count). The van der Waals surface area contributed by atoms with Crippen molar-refractivity contribution in [1.29, 1.82) is 0 Å². The average Bonchev–Trinajstić information content (AvgIpc) is 3.27. The molecule has 0 bridgehead atoms. The number of carbonyl (C=O) groups is 1. The number of hydrogen-bond acceptors (Lipinski definition) is 1. The Hall–Kier alpha value is -1.31. The molecule has 1 aromatic heterocycles. The molecule has 184 valence electrons. The lowest BCUT2D eigenvalue weighted by Crippen LogP contribution is -1.88. The van der Waals surface area contributed by atoms with E-state index < -0.39 is 0 Å².